The molecule has 0 radical (unpaired) electrons. The molecule has 2 aliphatic heterocycles. The number of ketones is 1. The molecule has 2 heteroatoms. The minimum absolute atomic E-state index is 0.0985. The number of carbonyl (C=O) groups excluding carboxylic acids is 1. The van der Waals surface area contributed by atoms with Crippen LogP contribution in [0, 0.1) is 5.92 Å². The zero-order chi connectivity index (χ0) is 11.7. The van der Waals surface area contributed by atoms with Crippen LogP contribution in [-0.2, 0) is 9.53 Å². The number of hydrogen-bond donors (Lipinski definition) is 0. The van der Waals surface area contributed by atoms with Gasteiger partial charge in [0.25, 0.3) is 0 Å². The number of fused-ring (bicyclic) bond motifs is 2. The third kappa shape index (κ3) is 1.08. The zero-order valence-corrected chi connectivity index (χ0v) is 10.6. The van der Waals surface area contributed by atoms with Crippen molar-refractivity contribution in [3.8, 4) is 0 Å². The molecule has 0 N–H and O–H groups in total. The summed E-state index contributed by atoms with van der Waals surface area (Å²) in [6, 6.07) is 0. The number of Topliss-reactive ketones (excluding diaryl/α,β-unsaturated/α-hetero) is 1. The average molecular weight is 232 g/mol. The maximum atomic E-state index is 11.6. The summed E-state index contributed by atoms with van der Waals surface area (Å²) >= 11 is 0. The number of rotatable bonds is 2. The Morgan fingerprint density at radius 3 is 3.00 bits per heavy atom. The molecule has 1 spiro atoms. The van der Waals surface area contributed by atoms with Crippen molar-refractivity contribution in [1.29, 1.82) is 0 Å². The molecule has 0 unspecified atom stereocenters. The Kier molecular flexibility index (Phi) is 1.84. The first-order valence-corrected chi connectivity index (χ1v) is 7.09. The van der Waals surface area contributed by atoms with E-state index in [2.05, 4.69) is 0 Å². The van der Waals surface area contributed by atoms with Gasteiger partial charge >= 0.3 is 0 Å². The molecule has 3 atom stereocenters. The molecule has 2 heterocycles. The van der Waals surface area contributed by atoms with Crippen molar-refractivity contribution in [2.75, 3.05) is 0 Å². The van der Waals surface area contributed by atoms with Gasteiger partial charge in [-0.1, -0.05) is 0 Å². The Morgan fingerprint density at radius 2 is 2.18 bits per heavy atom. The fourth-order valence-corrected chi connectivity index (χ4v) is 5.21. The first kappa shape index (κ1) is 10.3. The lowest BCUT2D eigenvalue weighted by Crippen LogP contribution is -2.31. The molecule has 2 nitrogen and oxygen atoms in total. The molecule has 2 fully saturated rings. The lowest BCUT2D eigenvalue weighted by Gasteiger charge is -2.28. The van der Waals surface area contributed by atoms with Gasteiger partial charge < -0.3 is 4.74 Å². The van der Waals surface area contributed by atoms with Gasteiger partial charge in [-0.05, 0) is 68.9 Å². The Labute approximate surface area is 102 Å². The zero-order valence-electron chi connectivity index (χ0n) is 10.6. The van der Waals surface area contributed by atoms with Crippen LogP contribution in [0.5, 0.6) is 0 Å². The van der Waals surface area contributed by atoms with Crippen LogP contribution in [0.2, 0.25) is 0 Å². The summed E-state index contributed by atoms with van der Waals surface area (Å²) in [7, 11) is 0. The number of carbonyl (C=O) groups is 1. The van der Waals surface area contributed by atoms with Gasteiger partial charge in [0, 0.05) is 6.42 Å². The summed E-state index contributed by atoms with van der Waals surface area (Å²) in [5, 5.41) is 0. The van der Waals surface area contributed by atoms with Gasteiger partial charge in [0.05, 0.1) is 11.2 Å². The number of hydrogen-bond acceptors (Lipinski definition) is 2. The molecule has 92 valence electrons. The minimum Gasteiger partial charge on any atom is -0.359 e. The van der Waals surface area contributed by atoms with Crippen LogP contribution < -0.4 is 0 Å². The average Bonchev–Trinajstić information content (AvgIpc) is 2.87. The van der Waals surface area contributed by atoms with Crippen molar-refractivity contribution in [2.24, 2.45) is 5.92 Å². The van der Waals surface area contributed by atoms with Gasteiger partial charge in [0.15, 0.2) is 0 Å². The van der Waals surface area contributed by atoms with Crippen molar-refractivity contribution in [3.63, 3.8) is 0 Å². The standard InChI is InChI=1S/C15H20O2/c1-10(16)8-14-9-11-4-3-7-15(11,17-14)13-6-2-5-12(13)14/h11H,2-9H2,1H3/t11-,14+,15-/m1/s1. The quantitative estimate of drug-likeness (QED) is 0.684. The molecule has 0 amide bonds. The molecule has 1 saturated heterocycles. The monoisotopic (exact) mass is 232 g/mol. The molecule has 4 rings (SSSR count). The van der Waals surface area contributed by atoms with E-state index in [4.69, 9.17) is 4.74 Å². The molecule has 17 heavy (non-hydrogen) atoms. The van der Waals surface area contributed by atoms with E-state index in [0.717, 1.165) is 12.3 Å². The van der Waals surface area contributed by atoms with E-state index in [9.17, 15) is 4.79 Å². The van der Waals surface area contributed by atoms with Crippen LogP contribution >= 0.6 is 0 Å². The first-order valence-electron chi connectivity index (χ1n) is 7.09. The van der Waals surface area contributed by atoms with Crippen molar-refractivity contribution in [3.05, 3.63) is 11.1 Å². The summed E-state index contributed by atoms with van der Waals surface area (Å²) in [4.78, 5) is 11.6. The molecule has 1 saturated carbocycles. The molecule has 2 aliphatic carbocycles. The summed E-state index contributed by atoms with van der Waals surface area (Å²) in [5.41, 5.74) is 3.13. The fourth-order valence-electron chi connectivity index (χ4n) is 5.21. The Hall–Kier alpha value is -0.630. The van der Waals surface area contributed by atoms with E-state index in [1.165, 1.54) is 38.5 Å². The van der Waals surface area contributed by atoms with Gasteiger partial charge in [-0.3, -0.25) is 4.79 Å². The summed E-state index contributed by atoms with van der Waals surface area (Å²) in [6.45, 7) is 1.71. The molecule has 2 bridgehead atoms. The summed E-state index contributed by atoms with van der Waals surface area (Å²) in [5.74, 6) is 1.01. The molecule has 0 aromatic carbocycles. The van der Waals surface area contributed by atoms with E-state index < -0.39 is 0 Å². The fraction of sp³-hybridized carbons (Fsp3) is 0.800. The lowest BCUT2D eigenvalue weighted by molar-refractivity contribution is -0.123. The highest BCUT2D eigenvalue weighted by Crippen LogP contribution is 2.67. The maximum Gasteiger partial charge on any atom is 0.133 e. The van der Waals surface area contributed by atoms with Crippen molar-refractivity contribution in [1.82, 2.24) is 0 Å². The van der Waals surface area contributed by atoms with Crippen LogP contribution in [0.4, 0.5) is 0 Å². The van der Waals surface area contributed by atoms with E-state index in [1.54, 1.807) is 18.1 Å². The van der Waals surface area contributed by atoms with Crippen LogP contribution in [0.3, 0.4) is 0 Å². The molecule has 4 aliphatic rings. The lowest BCUT2D eigenvalue weighted by atomic mass is 9.71. The highest BCUT2D eigenvalue weighted by atomic mass is 16.5. The van der Waals surface area contributed by atoms with Crippen LogP contribution in [-0.4, -0.2) is 17.0 Å². The second-order valence-electron chi connectivity index (χ2n) is 6.47. The summed E-state index contributed by atoms with van der Waals surface area (Å²) in [6.07, 6.45) is 9.34. The van der Waals surface area contributed by atoms with Crippen molar-refractivity contribution < 1.29 is 9.53 Å². The molecular weight excluding hydrogens is 212 g/mol. The topological polar surface area (TPSA) is 26.3 Å². The molecular formula is C15H20O2. The highest BCUT2D eigenvalue weighted by Gasteiger charge is 2.66. The smallest absolute Gasteiger partial charge is 0.133 e. The number of ether oxygens (including phenoxy) is 1. The van der Waals surface area contributed by atoms with Crippen molar-refractivity contribution in [2.45, 2.75) is 69.5 Å². The van der Waals surface area contributed by atoms with Crippen molar-refractivity contribution >= 4 is 5.78 Å². The van der Waals surface area contributed by atoms with E-state index in [0.29, 0.717) is 12.2 Å². The Morgan fingerprint density at radius 1 is 1.35 bits per heavy atom. The van der Waals surface area contributed by atoms with Crippen LogP contribution in [0.25, 0.3) is 0 Å². The Balaban J connectivity index is 1.82. The predicted octanol–water partition coefficient (Wildman–Crippen LogP) is 3.16. The van der Waals surface area contributed by atoms with E-state index in [-0.39, 0.29) is 11.2 Å². The van der Waals surface area contributed by atoms with Gasteiger partial charge in [-0.15, -0.1) is 0 Å². The first-order chi connectivity index (χ1) is 8.16. The third-order valence-corrected chi connectivity index (χ3v) is 5.53. The third-order valence-electron chi connectivity index (χ3n) is 5.53. The molecule has 0 aromatic heterocycles. The van der Waals surface area contributed by atoms with Gasteiger partial charge in [0.1, 0.15) is 5.78 Å². The minimum atomic E-state index is -0.150. The van der Waals surface area contributed by atoms with Crippen LogP contribution in [0.1, 0.15) is 58.3 Å². The normalized spacial score (nSPS) is 46.5. The summed E-state index contributed by atoms with van der Waals surface area (Å²) < 4.78 is 6.55. The second kappa shape index (κ2) is 3.03. The van der Waals surface area contributed by atoms with E-state index >= 15 is 0 Å². The van der Waals surface area contributed by atoms with Gasteiger partial charge in [-0.25, -0.2) is 0 Å². The highest BCUT2D eigenvalue weighted by molar-refractivity contribution is 5.78. The van der Waals surface area contributed by atoms with Crippen LogP contribution in [0.15, 0.2) is 11.1 Å². The van der Waals surface area contributed by atoms with E-state index in [1.807, 2.05) is 0 Å². The largest absolute Gasteiger partial charge is 0.359 e. The van der Waals surface area contributed by atoms with Gasteiger partial charge in [-0.2, -0.15) is 0 Å². The Bertz CT molecular complexity index is 436. The second-order valence-corrected chi connectivity index (χ2v) is 6.47. The SMILES string of the molecule is CC(=O)C[C@@]12C[C@H]3CCC[C@]3(O1)C1=C2CCC1. The predicted molar refractivity (Wildman–Crippen MR) is 64.7 cm³/mol. The maximum absolute atomic E-state index is 11.6. The van der Waals surface area contributed by atoms with Gasteiger partial charge in [0.2, 0.25) is 0 Å². The molecule has 0 aromatic rings.